The second-order valence-electron chi connectivity index (χ2n) is 4.74. The molecule has 1 aromatic heterocycles. The van der Waals surface area contributed by atoms with E-state index in [1.807, 2.05) is 18.2 Å². The molecule has 3 rings (SSSR count). The van der Waals surface area contributed by atoms with Crippen molar-refractivity contribution in [1.82, 2.24) is 4.98 Å². The molecule has 4 nitrogen and oxygen atoms in total. The van der Waals surface area contributed by atoms with E-state index < -0.39 is 0 Å². The third-order valence-corrected chi connectivity index (χ3v) is 3.45. The summed E-state index contributed by atoms with van der Waals surface area (Å²) < 4.78 is 10.6. The normalized spacial score (nSPS) is 16.9. The third-order valence-electron chi connectivity index (χ3n) is 3.45. The van der Waals surface area contributed by atoms with Crippen molar-refractivity contribution in [3.8, 4) is 5.88 Å². The van der Waals surface area contributed by atoms with Gasteiger partial charge in [-0.15, -0.1) is 0 Å². The molecular formula is C16H15NO3. The predicted molar refractivity (Wildman–Crippen MR) is 73.7 cm³/mol. The molecule has 20 heavy (non-hydrogen) atoms. The number of pyridine rings is 1. The number of carbonyl (C=O) groups excluding carboxylic acids is 1. The average molecular weight is 269 g/mol. The smallest absolute Gasteiger partial charge is 0.339 e. The molecule has 0 saturated carbocycles. The van der Waals surface area contributed by atoms with E-state index in [2.05, 4.69) is 17.1 Å². The summed E-state index contributed by atoms with van der Waals surface area (Å²) in [5, 5.41) is 0. The van der Waals surface area contributed by atoms with Crippen LogP contribution in [-0.4, -0.2) is 18.1 Å². The minimum absolute atomic E-state index is 0.0279. The van der Waals surface area contributed by atoms with E-state index in [1.165, 1.54) is 13.3 Å². The molecule has 0 N–H and O–H groups in total. The zero-order chi connectivity index (χ0) is 13.9. The highest BCUT2D eigenvalue weighted by Crippen LogP contribution is 2.33. The Labute approximate surface area is 117 Å². The molecule has 0 radical (unpaired) electrons. The Kier molecular flexibility index (Phi) is 3.37. The van der Waals surface area contributed by atoms with Crippen molar-refractivity contribution in [2.45, 2.75) is 18.9 Å². The van der Waals surface area contributed by atoms with Gasteiger partial charge >= 0.3 is 5.97 Å². The molecule has 0 aliphatic carbocycles. The van der Waals surface area contributed by atoms with Gasteiger partial charge in [0, 0.05) is 11.8 Å². The van der Waals surface area contributed by atoms with Crippen molar-refractivity contribution in [2.24, 2.45) is 0 Å². The van der Waals surface area contributed by atoms with Crippen molar-refractivity contribution < 1.29 is 14.3 Å². The van der Waals surface area contributed by atoms with Crippen LogP contribution in [0, 0.1) is 0 Å². The van der Waals surface area contributed by atoms with E-state index in [0.717, 1.165) is 24.0 Å². The Morgan fingerprint density at radius 1 is 1.35 bits per heavy atom. The summed E-state index contributed by atoms with van der Waals surface area (Å²) in [5.41, 5.74) is 2.57. The minimum Gasteiger partial charge on any atom is -0.469 e. The maximum Gasteiger partial charge on any atom is 0.339 e. The van der Waals surface area contributed by atoms with E-state index in [-0.39, 0.29) is 12.1 Å². The second kappa shape index (κ2) is 5.33. The third kappa shape index (κ3) is 2.37. The average Bonchev–Trinajstić information content (AvgIpc) is 2.54. The summed E-state index contributed by atoms with van der Waals surface area (Å²) in [7, 11) is 1.36. The highest BCUT2D eigenvalue weighted by atomic mass is 16.5. The number of rotatable bonds is 2. The molecule has 0 amide bonds. The van der Waals surface area contributed by atoms with Gasteiger partial charge in [0.1, 0.15) is 6.10 Å². The molecule has 2 aromatic rings. The number of hydrogen-bond acceptors (Lipinski definition) is 4. The number of fused-ring (bicyclic) bond motifs is 1. The van der Waals surface area contributed by atoms with Crippen molar-refractivity contribution in [3.63, 3.8) is 0 Å². The number of hydrogen-bond donors (Lipinski definition) is 0. The largest absolute Gasteiger partial charge is 0.469 e. The number of esters is 1. The van der Waals surface area contributed by atoms with Crippen LogP contribution in [0.3, 0.4) is 0 Å². The standard InChI is InChI=1S/C16H15NO3/c1-19-16(18)13-9-12-7-8-14(20-15(12)17-10-13)11-5-3-2-4-6-11/h2-6,9-10,14H,7-8H2,1H3. The van der Waals surface area contributed by atoms with Crippen LogP contribution in [0.15, 0.2) is 42.6 Å². The molecular weight excluding hydrogens is 254 g/mol. The van der Waals surface area contributed by atoms with Gasteiger partial charge in [0.2, 0.25) is 5.88 Å². The van der Waals surface area contributed by atoms with Crippen LogP contribution in [0.25, 0.3) is 0 Å². The summed E-state index contributed by atoms with van der Waals surface area (Å²) in [5.74, 6) is 0.239. The van der Waals surface area contributed by atoms with E-state index in [4.69, 9.17) is 9.47 Å². The van der Waals surface area contributed by atoms with Gasteiger partial charge in [-0.25, -0.2) is 9.78 Å². The van der Waals surface area contributed by atoms with E-state index in [9.17, 15) is 4.79 Å². The molecule has 1 atom stereocenters. The van der Waals surface area contributed by atoms with Crippen LogP contribution in [0.4, 0.5) is 0 Å². The first-order valence-electron chi connectivity index (χ1n) is 6.57. The molecule has 1 aliphatic rings. The molecule has 0 fully saturated rings. The fourth-order valence-corrected chi connectivity index (χ4v) is 2.40. The lowest BCUT2D eigenvalue weighted by Crippen LogP contribution is -2.17. The van der Waals surface area contributed by atoms with Gasteiger partial charge in [-0.2, -0.15) is 0 Å². The van der Waals surface area contributed by atoms with Gasteiger partial charge in [-0.1, -0.05) is 30.3 Å². The lowest BCUT2D eigenvalue weighted by Gasteiger charge is -2.25. The van der Waals surface area contributed by atoms with Gasteiger partial charge in [0.25, 0.3) is 0 Å². The zero-order valence-corrected chi connectivity index (χ0v) is 11.2. The van der Waals surface area contributed by atoms with Crippen LogP contribution < -0.4 is 4.74 Å². The summed E-state index contributed by atoms with van der Waals surface area (Å²) in [4.78, 5) is 15.7. The highest BCUT2D eigenvalue weighted by Gasteiger charge is 2.23. The molecule has 0 saturated heterocycles. The second-order valence-corrected chi connectivity index (χ2v) is 4.74. The Morgan fingerprint density at radius 2 is 2.15 bits per heavy atom. The van der Waals surface area contributed by atoms with Crippen LogP contribution in [0.5, 0.6) is 5.88 Å². The van der Waals surface area contributed by atoms with Crippen molar-refractivity contribution in [1.29, 1.82) is 0 Å². The van der Waals surface area contributed by atoms with Crippen LogP contribution in [-0.2, 0) is 11.2 Å². The SMILES string of the molecule is COC(=O)c1cnc2c(c1)CCC(c1ccccc1)O2. The number of aryl methyl sites for hydroxylation is 1. The monoisotopic (exact) mass is 269 g/mol. The van der Waals surface area contributed by atoms with Crippen LogP contribution in [0.1, 0.15) is 34.0 Å². The predicted octanol–water partition coefficient (Wildman–Crippen LogP) is 2.93. The maximum absolute atomic E-state index is 11.5. The molecule has 0 bridgehead atoms. The Balaban J connectivity index is 1.84. The van der Waals surface area contributed by atoms with Gasteiger partial charge in [0.15, 0.2) is 0 Å². The summed E-state index contributed by atoms with van der Waals surface area (Å²) >= 11 is 0. The molecule has 102 valence electrons. The number of carbonyl (C=O) groups is 1. The lowest BCUT2D eigenvalue weighted by atomic mass is 9.98. The number of aromatic nitrogens is 1. The molecule has 2 heterocycles. The Hall–Kier alpha value is -2.36. The first-order valence-corrected chi connectivity index (χ1v) is 6.57. The topological polar surface area (TPSA) is 48.4 Å². The zero-order valence-electron chi connectivity index (χ0n) is 11.2. The van der Waals surface area contributed by atoms with Crippen LogP contribution >= 0.6 is 0 Å². The van der Waals surface area contributed by atoms with Crippen molar-refractivity contribution >= 4 is 5.97 Å². The quantitative estimate of drug-likeness (QED) is 0.786. The molecule has 1 aromatic carbocycles. The summed E-state index contributed by atoms with van der Waals surface area (Å²) in [6.07, 6.45) is 3.24. The van der Waals surface area contributed by atoms with Crippen molar-refractivity contribution in [2.75, 3.05) is 7.11 Å². The Bertz CT molecular complexity index is 625. The van der Waals surface area contributed by atoms with Gasteiger partial charge < -0.3 is 9.47 Å². The highest BCUT2D eigenvalue weighted by molar-refractivity contribution is 5.89. The number of nitrogens with zero attached hydrogens (tertiary/aromatic N) is 1. The number of benzene rings is 1. The van der Waals surface area contributed by atoms with Gasteiger partial charge in [-0.3, -0.25) is 0 Å². The maximum atomic E-state index is 11.5. The van der Waals surface area contributed by atoms with Gasteiger partial charge in [-0.05, 0) is 24.5 Å². The van der Waals surface area contributed by atoms with E-state index in [1.54, 1.807) is 6.07 Å². The fraction of sp³-hybridized carbons (Fsp3) is 0.250. The number of ether oxygens (including phenoxy) is 2. The van der Waals surface area contributed by atoms with Crippen LogP contribution in [0.2, 0.25) is 0 Å². The molecule has 4 heteroatoms. The van der Waals surface area contributed by atoms with Crippen molar-refractivity contribution in [3.05, 3.63) is 59.3 Å². The minimum atomic E-state index is -0.370. The summed E-state index contributed by atoms with van der Waals surface area (Å²) in [6, 6.07) is 11.9. The molecule has 1 aliphatic heterocycles. The van der Waals surface area contributed by atoms with E-state index in [0.29, 0.717) is 11.4 Å². The van der Waals surface area contributed by atoms with Gasteiger partial charge in [0.05, 0.1) is 12.7 Å². The first kappa shape index (κ1) is 12.7. The Morgan fingerprint density at radius 3 is 2.90 bits per heavy atom. The lowest BCUT2D eigenvalue weighted by molar-refractivity contribution is 0.0599. The summed E-state index contributed by atoms with van der Waals surface area (Å²) in [6.45, 7) is 0. The molecule has 1 unspecified atom stereocenters. The van der Waals surface area contributed by atoms with E-state index >= 15 is 0 Å². The molecule has 0 spiro atoms. The number of methoxy groups -OCH3 is 1. The fourth-order valence-electron chi connectivity index (χ4n) is 2.40. The first-order chi connectivity index (χ1) is 9.78.